The lowest BCUT2D eigenvalue weighted by molar-refractivity contribution is -0.137. The van der Waals surface area contributed by atoms with Crippen molar-refractivity contribution in [2.45, 2.75) is 19.4 Å². The minimum Gasteiger partial charge on any atom is -0.494 e. The molecule has 0 bridgehead atoms. The molecular weight excluding hydrogens is 450 g/mol. The lowest BCUT2D eigenvalue weighted by Crippen LogP contribution is -2.60. The monoisotopic (exact) mass is 481 g/mol. The van der Waals surface area contributed by atoms with Crippen molar-refractivity contribution < 1.29 is 14.3 Å². The lowest BCUT2D eigenvalue weighted by atomic mass is 10.1. The summed E-state index contributed by atoms with van der Waals surface area (Å²) in [6.07, 6.45) is 0.0995. The van der Waals surface area contributed by atoms with Gasteiger partial charge in [0.2, 0.25) is 11.8 Å². The lowest BCUT2D eigenvalue weighted by Gasteiger charge is -2.39. The topological polar surface area (TPSA) is 77.1 Å². The molecule has 0 radical (unpaired) electrons. The average molecular weight is 482 g/mol. The first-order valence-corrected chi connectivity index (χ1v) is 12.1. The van der Waals surface area contributed by atoms with E-state index >= 15 is 0 Å². The molecule has 1 atom stereocenters. The second kappa shape index (κ2) is 11.2. The Bertz CT molecular complexity index is 993. The number of benzene rings is 2. The number of carbonyl (C=O) groups excluding carboxylic acids is 2. The minimum absolute atomic E-state index is 0.0244. The van der Waals surface area contributed by atoms with Gasteiger partial charge < -0.3 is 30.1 Å². The predicted molar refractivity (Wildman–Crippen MR) is 137 cm³/mol. The summed E-state index contributed by atoms with van der Waals surface area (Å²) in [4.78, 5) is 31.8. The molecule has 0 spiro atoms. The summed E-state index contributed by atoms with van der Waals surface area (Å²) in [5.41, 5.74) is 1.97. The summed E-state index contributed by atoms with van der Waals surface area (Å²) < 4.78 is 5.48. The van der Waals surface area contributed by atoms with Gasteiger partial charge in [0.05, 0.1) is 13.0 Å². The largest absolute Gasteiger partial charge is 0.494 e. The molecule has 2 fully saturated rings. The molecule has 8 nitrogen and oxygen atoms in total. The molecular formula is C25H31N5O3S. The van der Waals surface area contributed by atoms with Gasteiger partial charge in [-0.1, -0.05) is 18.2 Å². The third-order valence-electron chi connectivity index (χ3n) is 6.13. The van der Waals surface area contributed by atoms with Gasteiger partial charge in [-0.15, -0.1) is 0 Å². The highest BCUT2D eigenvalue weighted by atomic mass is 32.1. The van der Waals surface area contributed by atoms with Crippen molar-refractivity contribution in [3.05, 3.63) is 54.6 Å². The summed E-state index contributed by atoms with van der Waals surface area (Å²) >= 11 is 5.62. The quantitative estimate of drug-likeness (QED) is 0.613. The Morgan fingerprint density at radius 3 is 2.44 bits per heavy atom. The zero-order valence-electron chi connectivity index (χ0n) is 19.4. The molecule has 2 aromatic carbocycles. The Kier molecular flexibility index (Phi) is 7.84. The van der Waals surface area contributed by atoms with Gasteiger partial charge in [0, 0.05) is 50.6 Å². The van der Waals surface area contributed by atoms with E-state index in [0.717, 1.165) is 30.2 Å². The molecule has 2 aromatic rings. The van der Waals surface area contributed by atoms with Crippen LogP contribution in [0.15, 0.2) is 54.6 Å². The summed E-state index contributed by atoms with van der Waals surface area (Å²) in [6, 6.07) is 17.1. The molecule has 2 saturated heterocycles. The first kappa shape index (κ1) is 23.8. The van der Waals surface area contributed by atoms with Crippen molar-refractivity contribution in [1.29, 1.82) is 0 Å². The van der Waals surface area contributed by atoms with Crippen molar-refractivity contribution in [3.8, 4) is 5.75 Å². The Morgan fingerprint density at radius 2 is 1.76 bits per heavy atom. The highest BCUT2D eigenvalue weighted by Crippen LogP contribution is 2.20. The number of thiocarbonyl (C=S) groups is 1. The molecule has 0 saturated carbocycles. The highest BCUT2D eigenvalue weighted by molar-refractivity contribution is 7.80. The summed E-state index contributed by atoms with van der Waals surface area (Å²) in [5, 5.41) is 6.51. The Labute approximate surface area is 205 Å². The zero-order chi connectivity index (χ0) is 23.9. The van der Waals surface area contributed by atoms with Crippen LogP contribution >= 0.6 is 12.2 Å². The number of ether oxygens (including phenoxy) is 1. The van der Waals surface area contributed by atoms with Crippen LogP contribution < -0.4 is 20.3 Å². The Morgan fingerprint density at radius 1 is 1.06 bits per heavy atom. The molecule has 2 N–H and O–H groups in total. The third kappa shape index (κ3) is 5.77. The van der Waals surface area contributed by atoms with Gasteiger partial charge in [-0.2, -0.15) is 0 Å². The highest BCUT2D eigenvalue weighted by Gasteiger charge is 2.35. The van der Waals surface area contributed by atoms with E-state index in [9.17, 15) is 9.59 Å². The number of piperazine rings is 2. The number of rotatable bonds is 6. The van der Waals surface area contributed by atoms with Gasteiger partial charge in [0.25, 0.3) is 0 Å². The fourth-order valence-corrected chi connectivity index (χ4v) is 4.64. The van der Waals surface area contributed by atoms with Crippen LogP contribution in [0.1, 0.15) is 13.3 Å². The number of carbonyl (C=O) groups is 2. The van der Waals surface area contributed by atoms with Crippen LogP contribution in [0.3, 0.4) is 0 Å². The maximum Gasteiger partial charge on any atom is 0.243 e. The van der Waals surface area contributed by atoms with Crippen molar-refractivity contribution in [2.75, 3.05) is 56.1 Å². The van der Waals surface area contributed by atoms with Crippen molar-refractivity contribution in [2.24, 2.45) is 0 Å². The van der Waals surface area contributed by atoms with Crippen LogP contribution in [0, 0.1) is 0 Å². The molecule has 0 aromatic heterocycles. The summed E-state index contributed by atoms with van der Waals surface area (Å²) in [5.74, 6) is 0.592. The van der Waals surface area contributed by atoms with Crippen LogP contribution in [-0.2, 0) is 9.59 Å². The number of nitrogens with one attached hydrogen (secondary N) is 2. The molecule has 0 aliphatic carbocycles. The van der Waals surface area contributed by atoms with Crippen molar-refractivity contribution in [1.82, 2.24) is 15.1 Å². The fraction of sp³-hybridized carbons (Fsp3) is 0.400. The SMILES string of the molecule is CCOc1ccc(NC(=S)N2CCNC(=O)[C@@H]2CC(=O)N2CCN(c3ccccc3)CC2)cc1. The minimum atomic E-state index is -0.629. The maximum absolute atomic E-state index is 13.1. The Hall–Kier alpha value is -3.33. The second-order valence-electron chi connectivity index (χ2n) is 8.30. The number of nitrogens with zero attached hydrogens (tertiary/aromatic N) is 3. The molecule has 0 unspecified atom stereocenters. The Balaban J connectivity index is 1.35. The van der Waals surface area contributed by atoms with Gasteiger partial charge in [0.1, 0.15) is 11.8 Å². The van der Waals surface area contributed by atoms with E-state index in [-0.39, 0.29) is 18.2 Å². The zero-order valence-corrected chi connectivity index (χ0v) is 20.2. The van der Waals surface area contributed by atoms with Crippen LogP contribution in [0.2, 0.25) is 0 Å². The van der Waals surface area contributed by atoms with Crippen molar-refractivity contribution >= 4 is 40.5 Å². The number of anilines is 2. The molecule has 34 heavy (non-hydrogen) atoms. The van der Waals surface area contributed by atoms with E-state index in [1.54, 1.807) is 0 Å². The molecule has 2 heterocycles. The van der Waals surface area contributed by atoms with E-state index in [1.165, 1.54) is 0 Å². The predicted octanol–water partition coefficient (Wildman–Crippen LogP) is 2.32. The van der Waals surface area contributed by atoms with E-state index in [0.29, 0.717) is 37.9 Å². The number of amides is 2. The molecule has 180 valence electrons. The first-order chi connectivity index (χ1) is 16.5. The van der Waals surface area contributed by atoms with Crippen LogP contribution in [-0.4, -0.2) is 78.6 Å². The van der Waals surface area contributed by atoms with Crippen molar-refractivity contribution in [3.63, 3.8) is 0 Å². The van der Waals surface area contributed by atoms with Gasteiger partial charge >= 0.3 is 0 Å². The van der Waals surface area contributed by atoms with Crippen LogP contribution in [0.4, 0.5) is 11.4 Å². The number of para-hydroxylation sites is 1. The van der Waals surface area contributed by atoms with E-state index in [1.807, 2.05) is 59.2 Å². The van der Waals surface area contributed by atoms with E-state index < -0.39 is 6.04 Å². The van der Waals surface area contributed by atoms with Gasteiger partial charge in [-0.25, -0.2) is 0 Å². The van der Waals surface area contributed by atoms with Crippen LogP contribution in [0.25, 0.3) is 0 Å². The number of hydrogen-bond donors (Lipinski definition) is 2. The normalized spacial score (nSPS) is 18.3. The van der Waals surface area contributed by atoms with Crippen LogP contribution in [0.5, 0.6) is 5.75 Å². The standard InChI is InChI=1S/C25H31N5O3S/c1-2-33-21-10-8-19(9-11-21)27-25(34)30-13-12-26-24(32)22(30)18-23(31)29-16-14-28(15-17-29)20-6-4-3-5-7-20/h3-11,22H,2,12-18H2,1H3,(H,26,32)(H,27,34)/t22-/m0/s1. The average Bonchev–Trinajstić information content (AvgIpc) is 2.87. The molecule has 2 aliphatic heterocycles. The summed E-state index contributed by atoms with van der Waals surface area (Å²) in [6.45, 7) is 6.40. The summed E-state index contributed by atoms with van der Waals surface area (Å²) in [7, 11) is 0. The maximum atomic E-state index is 13.1. The van der Waals surface area contributed by atoms with Gasteiger partial charge in [-0.05, 0) is 55.5 Å². The van der Waals surface area contributed by atoms with Gasteiger partial charge in [0.15, 0.2) is 5.11 Å². The fourth-order valence-electron chi connectivity index (χ4n) is 4.30. The molecule has 9 heteroatoms. The van der Waals surface area contributed by atoms with Gasteiger partial charge in [-0.3, -0.25) is 9.59 Å². The third-order valence-corrected chi connectivity index (χ3v) is 6.47. The second-order valence-corrected chi connectivity index (χ2v) is 8.68. The first-order valence-electron chi connectivity index (χ1n) is 11.7. The van der Waals surface area contributed by atoms with E-state index in [2.05, 4.69) is 27.7 Å². The number of hydrogen-bond acceptors (Lipinski definition) is 5. The molecule has 2 amide bonds. The molecule has 4 rings (SSSR count). The smallest absolute Gasteiger partial charge is 0.243 e. The molecule has 2 aliphatic rings. The van der Waals surface area contributed by atoms with E-state index in [4.69, 9.17) is 17.0 Å².